The van der Waals surface area contributed by atoms with E-state index in [1.54, 1.807) is 7.11 Å². The zero-order valence-corrected chi connectivity index (χ0v) is 16.3. The molecular weight excluding hydrogens is 372 g/mol. The summed E-state index contributed by atoms with van der Waals surface area (Å²) in [6.07, 6.45) is 0. The Labute approximate surface area is 169 Å². The third kappa shape index (κ3) is 3.82. The largest absolute Gasteiger partial charge is 0.497 e. The minimum absolute atomic E-state index is 0.0364. The van der Waals surface area contributed by atoms with Crippen LogP contribution in [0.3, 0.4) is 0 Å². The van der Waals surface area contributed by atoms with Crippen molar-refractivity contribution in [2.24, 2.45) is 0 Å². The summed E-state index contributed by atoms with van der Waals surface area (Å²) in [6.45, 7) is 1.26. The molecule has 1 unspecified atom stereocenters. The van der Waals surface area contributed by atoms with Crippen LogP contribution < -0.4 is 10.1 Å². The molecule has 0 spiro atoms. The van der Waals surface area contributed by atoms with Gasteiger partial charge >= 0.3 is 0 Å². The summed E-state index contributed by atoms with van der Waals surface area (Å²) >= 11 is 6.05. The van der Waals surface area contributed by atoms with E-state index in [1.165, 1.54) is 11.1 Å². The average Bonchev–Trinajstić information content (AvgIpc) is 3.17. The van der Waals surface area contributed by atoms with Crippen LogP contribution in [0.1, 0.15) is 22.7 Å². The first-order chi connectivity index (χ1) is 13.6. The van der Waals surface area contributed by atoms with Gasteiger partial charge in [0.15, 0.2) is 0 Å². The molecule has 1 N–H and O–H groups in total. The Kier molecular flexibility index (Phi) is 5.22. The Morgan fingerprint density at radius 3 is 2.14 bits per heavy atom. The van der Waals surface area contributed by atoms with Crippen molar-refractivity contribution < 1.29 is 9.53 Å². The minimum Gasteiger partial charge on any atom is -0.497 e. The molecule has 0 radical (unpaired) electrons. The second-order valence-corrected chi connectivity index (χ2v) is 7.26. The number of halogens is 1. The molecule has 0 aliphatic carbocycles. The van der Waals surface area contributed by atoms with Gasteiger partial charge in [0.05, 0.1) is 7.11 Å². The van der Waals surface area contributed by atoms with Crippen LogP contribution in [-0.4, -0.2) is 17.9 Å². The molecule has 0 saturated carbocycles. The zero-order valence-electron chi connectivity index (χ0n) is 15.6. The highest BCUT2D eigenvalue weighted by Gasteiger charge is 2.30. The van der Waals surface area contributed by atoms with Crippen LogP contribution in [-0.2, 0) is 17.9 Å². The summed E-state index contributed by atoms with van der Waals surface area (Å²) in [7, 11) is 1.63. The molecule has 3 aromatic carbocycles. The SMILES string of the molecule is COc1ccc(NC(C(=O)N2Cc3ccccc3C2)c2ccc(Cl)cc2)cc1. The number of nitrogens with one attached hydrogen (secondary N) is 1. The van der Waals surface area contributed by atoms with Crippen LogP contribution in [0, 0.1) is 0 Å². The van der Waals surface area contributed by atoms with Gasteiger partial charge in [0.25, 0.3) is 0 Å². The van der Waals surface area contributed by atoms with E-state index in [9.17, 15) is 4.79 Å². The summed E-state index contributed by atoms with van der Waals surface area (Å²) < 4.78 is 5.22. The number of rotatable bonds is 5. The third-order valence-electron chi connectivity index (χ3n) is 5.00. The summed E-state index contributed by atoms with van der Waals surface area (Å²) in [6, 6.07) is 22.7. The lowest BCUT2D eigenvalue weighted by Crippen LogP contribution is -2.34. The van der Waals surface area contributed by atoms with Crippen LogP contribution in [0.4, 0.5) is 5.69 Å². The van der Waals surface area contributed by atoms with Gasteiger partial charge in [-0.15, -0.1) is 0 Å². The van der Waals surface area contributed by atoms with Crippen molar-refractivity contribution in [2.45, 2.75) is 19.1 Å². The maximum absolute atomic E-state index is 13.4. The molecule has 1 heterocycles. The lowest BCUT2D eigenvalue weighted by molar-refractivity contribution is -0.132. The lowest BCUT2D eigenvalue weighted by atomic mass is 10.0. The van der Waals surface area contributed by atoms with Gasteiger partial charge in [0, 0.05) is 23.8 Å². The van der Waals surface area contributed by atoms with Crippen molar-refractivity contribution in [1.29, 1.82) is 0 Å². The average molecular weight is 393 g/mol. The molecule has 0 bridgehead atoms. The number of hydrogen-bond donors (Lipinski definition) is 1. The predicted octanol–water partition coefficient (Wildman–Crippen LogP) is 5.04. The first-order valence-electron chi connectivity index (χ1n) is 9.15. The van der Waals surface area contributed by atoms with Crippen molar-refractivity contribution in [3.05, 3.63) is 94.5 Å². The van der Waals surface area contributed by atoms with E-state index < -0.39 is 6.04 Å². The Balaban J connectivity index is 1.60. The summed E-state index contributed by atoms with van der Waals surface area (Å²) in [5.74, 6) is 0.809. The monoisotopic (exact) mass is 392 g/mol. The normalized spacial score (nSPS) is 13.7. The summed E-state index contributed by atoms with van der Waals surface area (Å²) in [5, 5.41) is 4.03. The van der Waals surface area contributed by atoms with E-state index in [0.717, 1.165) is 17.0 Å². The topological polar surface area (TPSA) is 41.6 Å². The number of carbonyl (C=O) groups excluding carboxylic acids is 1. The van der Waals surface area contributed by atoms with E-state index in [4.69, 9.17) is 16.3 Å². The molecule has 5 heteroatoms. The molecule has 1 amide bonds. The quantitative estimate of drug-likeness (QED) is 0.661. The molecular formula is C23H21ClN2O2. The van der Waals surface area contributed by atoms with E-state index >= 15 is 0 Å². The number of benzene rings is 3. The maximum Gasteiger partial charge on any atom is 0.250 e. The lowest BCUT2D eigenvalue weighted by Gasteiger charge is -2.25. The molecule has 142 valence electrons. The zero-order chi connectivity index (χ0) is 19.5. The van der Waals surface area contributed by atoms with Crippen LogP contribution in [0.5, 0.6) is 5.75 Å². The number of carbonyl (C=O) groups is 1. The number of hydrogen-bond acceptors (Lipinski definition) is 3. The Hall–Kier alpha value is -2.98. The maximum atomic E-state index is 13.4. The van der Waals surface area contributed by atoms with E-state index in [1.807, 2.05) is 65.6 Å². The van der Waals surface area contributed by atoms with Gasteiger partial charge < -0.3 is 15.0 Å². The Morgan fingerprint density at radius 1 is 0.964 bits per heavy atom. The Morgan fingerprint density at radius 2 is 1.57 bits per heavy atom. The molecule has 0 fully saturated rings. The van der Waals surface area contributed by atoms with Gasteiger partial charge in [0.2, 0.25) is 5.91 Å². The molecule has 0 aromatic heterocycles. The van der Waals surface area contributed by atoms with Crippen LogP contribution in [0.15, 0.2) is 72.8 Å². The second-order valence-electron chi connectivity index (χ2n) is 6.82. The van der Waals surface area contributed by atoms with Crippen LogP contribution in [0.25, 0.3) is 0 Å². The van der Waals surface area contributed by atoms with Crippen molar-refractivity contribution >= 4 is 23.2 Å². The number of fused-ring (bicyclic) bond motifs is 1. The first-order valence-corrected chi connectivity index (χ1v) is 9.53. The van der Waals surface area contributed by atoms with Gasteiger partial charge in [-0.2, -0.15) is 0 Å². The van der Waals surface area contributed by atoms with E-state index in [-0.39, 0.29) is 5.91 Å². The second kappa shape index (κ2) is 7.95. The number of amides is 1. The van der Waals surface area contributed by atoms with Gasteiger partial charge in [0.1, 0.15) is 11.8 Å². The Bertz CT molecular complexity index is 946. The number of methoxy groups -OCH3 is 1. The predicted molar refractivity (Wildman–Crippen MR) is 112 cm³/mol. The number of anilines is 1. The molecule has 3 aromatic rings. The van der Waals surface area contributed by atoms with E-state index in [0.29, 0.717) is 18.1 Å². The smallest absolute Gasteiger partial charge is 0.250 e. The van der Waals surface area contributed by atoms with Gasteiger partial charge in [-0.1, -0.05) is 48.0 Å². The van der Waals surface area contributed by atoms with E-state index in [2.05, 4.69) is 17.4 Å². The molecule has 1 atom stereocenters. The van der Waals surface area contributed by atoms with Gasteiger partial charge in [-0.3, -0.25) is 4.79 Å². The van der Waals surface area contributed by atoms with Crippen molar-refractivity contribution in [2.75, 3.05) is 12.4 Å². The fourth-order valence-electron chi connectivity index (χ4n) is 3.47. The highest BCUT2D eigenvalue weighted by atomic mass is 35.5. The van der Waals surface area contributed by atoms with Gasteiger partial charge in [-0.05, 0) is 53.1 Å². The standard InChI is InChI=1S/C23H21ClN2O2/c1-28-21-12-10-20(11-13-21)25-22(16-6-8-19(24)9-7-16)23(27)26-14-17-4-2-3-5-18(17)15-26/h2-13,22,25H,14-15H2,1H3. The fraction of sp³-hybridized carbons (Fsp3) is 0.174. The van der Waals surface area contributed by atoms with Crippen molar-refractivity contribution in [3.8, 4) is 5.75 Å². The fourth-order valence-corrected chi connectivity index (χ4v) is 3.59. The van der Waals surface area contributed by atoms with Gasteiger partial charge in [-0.25, -0.2) is 0 Å². The molecule has 28 heavy (non-hydrogen) atoms. The van der Waals surface area contributed by atoms with Crippen molar-refractivity contribution in [3.63, 3.8) is 0 Å². The molecule has 4 rings (SSSR count). The van der Waals surface area contributed by atoms with Crippen molar-refractivity contribution in [1.82, 2.24) is 4.90 Å². The highest BCUT2D eigenvalue weighted by molar-refractivity contribution is 6.30. The molecule has 1 aliphatic heterocycles. The summed E-state index contributed by atoms with van der Waals surface area (Å²) in [4.78, 5) is 15.3. The number of nitrogens with zero attached hydrogens (tertiary/aromatic N) is 1. The first kappa shape index (κ1) is 18.4. The molecule has 1 aliphatic rings. The summed E-state index contributed by atoms with van der Waals surface area (Å²) in [5.41, 5.74) is 4.14. The minimum atomic E-state index is -0.500. The molecule has 4 nitrogen and oxygen atoms in total. The third-order valence-corrected chi connectivity index (χ3v) is 5.26. The number of ether oxygens (including phenoxy) is 1. The highest BCUT2D eigenvalue weighted by Crippen LogP contribution is 2.29. The molecule has 0 saturated heterocycles. The van der Waals surface area contributed by atoms with Crippen LogP contribution in [0.2, 0.25) is 5.02 Å². The van der Waals surface area contributed by atoms with Crippen LogP contribution >= 0.6 is 11.6 Å².